The van der Waals surface area contributed by atoms with Gasteiger partial charge in [0.25, 0.3) is 5.91 Å². The van der Waals surface area contributed by atoms with Gasteiger partial charge in [-0.05, 0) is 74.9 Å². The number of hydrogen-bond donors (Lipinski definition) is 1. The Morgan fingerprint density at radius 3 is 2.48 bits per heavy atom. The zero-order valence-corrected chi connectivity index (χ0v) is 20.1. The molecule has 2 aromatic rings. The van der Waals surface area contributed by atoms with Crippen molar-refractivity contribution in [1.82, 2.24) is 14.8 Å². The Kier molecular flexibility index (Phi) is 7.13. The second kappa shape index (κ2) is 10.0. The molecule has 0 atom stereocenters. The van der Waals surface area contributed by atoms with Gasteiger partial charge >= 0.3 is 0 Å². The fourth-order valence-corrected chi connectivity index (χ4v) is 5.10. The predicted octanol–water partition coefficient (Wildman–Crippen LogP) is 5.22. The first-order valence-corrected chi connectivity index (χ1v) is 12.0. The molecule has 0 spiro atoms. The van der Waals surface area contributed by atoms with E-state index in [-0.39, 0.29) is 11.7 Å². The number of hydrogen-bond acceptors (Lipinski definition) is 4. The molecule has 1 N–H and O–H groups in total. The van der Waals surface area contributed by atoms with Gasteiger partial charge in [-0.3, -0.25) is 14.7 Å². The van der Waals surface area contributed by atoms with Crippen LogP contribution in [0.25, 0.3) is 0 Å². The Bertz CT molecular complexity index is 1040. The van der Waals surface area contributed by atoms with Gasteiger partial charge in [-0.15, -0.1) is 0 Å². The molecule has 1 saturated heterocycles. The van der Waals surface area contributed by atoms with Crippen LogP contribution in [0.2, 0.25) is 0 Å². The molecule has 1 aliphatic heterocycles. The van der Waals surface area contributed by atoms with E-state index in [0.717, 1.165) is 43.0 Å². The minimum absolute atomic E-state index is 0.265. The van der Waals surface area contributed by atoms with Crippen LogP contribution in [-0.4, -0.2) is 46.9 Å². The van der Waals surface area contributed by atoms with Crippen molar-refractivity contribution < 1.29 is 9.18 Å². The average Bonchev–Trinajstić information content (AvgIpc) is 3.32. The maximum Gasteiger partial charge on any atom is 0.257 e. The summed E-state index contributed by atoms with van der Waals surface area (Å²) in [7, 11) is 0. The van der Waals surface area contributed by atoms with E-state index in [1.165, 1.54) is 37.4 Å². The van der Waals surface area contributed by atoms with E-state index in [1.807, 2.05) is 26.8 Å². The summed E-state index contributed by atoms with van der Waals surface area (Å²) in [6.45, 7) is 14.5. The molecule has 176 valence electrons. The molecule has 0 bridgehead atoms. The molecule has 33 heavy (non-hydrogen) atoms. The first kappa shape index (κ1) is 23.4. The fraction of sp³-hybridized carbons (Fsp3) is 0.481. The highest BCUT2D eigenvalue weighted by Crippen LogP contribution is 2.32. The third kappa shape index (κ3) is 5.44. The van der Waals surface area contributed by atoms with Crippen molar-refractivity contribution in [2.45, 2.75) is 53.0 Å². The Morgan fingerprint density at radius 2 is 1.82 bits per heavy atom. The highest BCUT2D eigenvalue weighted by atomic mass is 19.1. The monoisotopic (exact) mass is 450 g/mol. The van der Waals surface area contributed by atoms with Crippen molar-refractivity contribution in [2.24, 2.45) is 5.92 Å². The molecular weight excluding hydrogens is 415 g/mol. The topological polar surface area (TPSA) is 48.5 Å². The summed E-state index contributed by atoms with van der Waals surface area (Å²) in [5, 5.41) is 2.90. The molecule has 1 amide bonds. The lowest BCUT2D eigenvalue weighted by Crippen LogP contribution is -2.46. The van der Waals surface area contributed by atoms with E-state index in [2.05, 4.69) is 26.7 Å². The molecule has 1 saturated carbocycles. The minimum Gasteiger partial charge on any atom is -0.372 e. The van der Waals surface area contributed by atoms with Crippen molar-refractivity contribution in [3.8, 4) is 0 Å². The Labute approximate surface area is 196 Å². The van der Waals surface area contributed by atoms with Crippen molar-refractivity contribution in [2.75, 3.05) is 31.5 Å². The molecule has 1 aliphatic carbocycles. The summed E-state index contributed by atoms with van der Waals surface area (Å²) >= 11 is 0. The van der Waals surface area contributed by atoms with E-state index < -0.39 is 0 Å². The van der Waals surface area contributed by atoms with E-state index in [9.17, 15) is 9.18 Å². The number of nitrogens with one attached hydrogen (secondary N) is 1. The second-order valence-corrected chi connectivity index (χ2v) is 9.51. The van der Waals surface area contributed by atoms with Gasteiger partial charge < -0.3 is 10.2 Å². The lowest BCUT2D eigenvalue weighted by molar-refractivity contribution is 0.102. The highest BCUT2D eigenvalue weighted by molar-refractivity contribution is 6.05. The van der Waals surface area contributed by atoms with Crippen molar-refractivity contribution >= 4 is 11.6 Å². The summed E-state index contributed by atoms with van der Waals surface area (Å²) in [5.74, 6) is 0.0529. The van der Waals surface area contributed by atoms with Gasteiger partial charge in [-0.25, -0.2) is 4.39 Å². The van der Waals surface area contributed by atoms with E-state index >= 15 is 0 Å². The molecule has 1 aromatic carbocycles. The number of nitrogens with zero attached hydrogens (tertiary/aromatic N) is 3. The summed E-state index contributed by atoms with van der Waals surface area (Å²) in [4.78, 5) is 22.0. The zero-order chi connectivity index (χ0) is 23.5. The van der Waals surface area contributed by atoms with Crippen molar-refractivity contribution in [1.29, 1.82) is 0 Å². The molecule has 0 radical (unpaired) electrons. The Morgan fingerprint density at radius 1 is 1.12 bits per heavy atom. The predicted molar refractivity (Wildman–Crippen MR) is 131 cm³/mol. The number of piperazine rings is 1. The quantitative estimate of drug-likeness (QED) is 0.656. The molecule has 5 nitrogen and oxygen atoms in total. The molecule has 2 heterocycles. The molecule has 6 heteroatoms. The Balaban J connectivity index is 1.41. The van der Waals surface area contributed by atoms with Crippen molar-refractivity contribution in [3.63, 3.8) is 0 Å². The normalized spacial score (nSPS) is 17.4. The van der Waals surface area contributed by atoms with Gasteiger partial charge in [-0.1, -0.05) is 19.4 Å². The van der Waals surface area contributed by atoms with Gasteiger partial charge in [-0.2, -0.15) is 0 Å². The number of pyridine rings is 1. The van der Waals surface area contributed by atoms with Crippen LogP contribution in [0.5, 0.6) is 0 Å². The van der Waals surface area contributed by atoms with Crippen LogP contribution >= 0.6 is 0 Å². The SMILES string of the molecule is C=C(C1CCCC1)N1CCN(Cc2cc(F)cc(NC(=O)c3ccc(C)nc3C)c2C)CC1. The van der Waals surface area contributed by atoms with Crippen LogP contribution in [0.1, 0.15) is 58.6 Å². The number of aryl methyl sites for hydroxylation is 2. The lowest BCUT2D eigenvalue weighted by Gasteiger charge is -2.39. The smallest absolute Gasteiger partial charge is 0.257 e. The zero-order valence-electron chi connectivity index (χ0n) is 20.1. The number of aromatic nitrogens is 1. The van der Waals surface area contributed by atoms with Gasteiger partial charge in [0.15, 0.2) is 0 Å². The number of amides is 1. The van der Waals surface area contributed by atoms with Gasteiger partial charge in [0.2, 0.25) is 0 Å². The average molecular weight is 451 g/mol. The first-order chi connectivity index (χ1) is 15.8. The summed E-state index contributed by atoms with van der Waals surface area (Å²) in [6.07, 6.45) is 5.19. The lowest BCUT2D eigenvalue weighted by atomic mass is 10.0. The number of benzene rings is 1. The largest absolute Gasteiger partial charge is 0.372 e. The fourth-order valence-electron chi connectivity index (χ4n) is 5.10. The maximum atomic E-state index is 14.5. The number of carbonyl (C=O) groups is 1. The molecule has 0 unspecified atom stereocenters. The van der Waals surface area contributed by atoms with Crippen molar-refractivity contribution in [3.05, 3.63) is 70.4 Å². The van der Waals surface area contributed by atoms with E-state index in [0.29, 0.717) is 29.4 Å². The van der Waals surface area contributed by atoms with Crippen LogP contribution < -0.4 is 5.32 Å². The first-order valence-electron chi connectivity index (χ1n) is 12.0. The van der Waals surface area contributed by atoms with E-state index in [1.54, 1.807) is 12.1 Å². The van der Waals surface area contributed by atoms with Crippen LogP contribution in [0, 0.1) is 32.5 Å². The number of allylic oxidation sites excluding steroid dienone is 1. The van der Waals surface area contributed by atoms with Gasteiger partial charge in [0, 0.05) is 49.8 Å². The minimum atomic E-state index is -0.335. The molecule has 2 fully saturated rings. The number of rotatable bonds is 6. The molecule has 1 aromatic heterocycles. The number of carbonyl (C=O) groups excluding carboxylic acids is 1. The summed E-state index contributed by atoms with van der Waals surface area (Å²) in [5.41, 5.74) is 5.67. The van der Waals surface area contributed by atoms with Crippen LogP contribution in [0.4, 0.5) is 10.1 Å². The molecule has 2 aliphatic rings. The summed E-state index contributed by atoms with van der Waals surface area (Å²) < 4.78 is 14.5. The maximum absolute atomic E-state index is 14.5. The van der Waals surface area contributed by atoms with Crippen LogP contribution in [0.15, 0.2) is 36.5 Å². The third-order valence-corrected chi connectivity index (χ3v) is 7.20. The number of halogens is 1. The van der Waals surface area contributed by atoms with Crippen LogP contribution in [0.3, 0.4) is 0 Å². The highest BCUT2D eigenvalue weighted by Gasteiger charge is 2.25. The molecular formula is C27H35FN4O. The standard InChI is InChI=1S/C27H35FN4O/c1-18-9-10-25(20(3)29-18)27(33)30-26-16-24(28)15-23(19(26)2)17-31-11-13-32(14-12-31)21(4)22-7-5-6-8-22/h9-10,15-16,22H,4-8,11-14,17H2,1-3H3,(H,30,33). The second-order valence-electron chi connectivity index (χ2n) is 9.51. The van der Waals surface area contributed by atoms with E-state index in [4.69, 9.17) is 0 Å². The van der Waals surface area contributed by atoms with Gasteiger partial charge in [0.05, 0.1) is 11.3 Å². The Hall–Kier alpha value is -2.73. The third-order valence-electron chi connectivity index (χ3n) is 7.20. The van der Waals surface area contributed by atoms with Crippen LogP contribution in [-0.2, 0) is 6.54 Å². The number of anilines is 1. The van der Waals surface area contributed by atoms with Gasteiger partial charge in [0.1, 0.15) is 5.82 Å². The molecule has 4 rings (SSSR count). The summed E-state index contributed by atoms with van der Waals surface area (Å²) in [6, 6.07) is 6.57.